The van der Waals surface area contributed by atoms with E-state index in [0.717, 1.165) is 31.7 Å². The molecular formula is C18H20N4O2S. The average Bonchev–Trinajstić information content (AvgIpc) is 3.33. The van der Waals surface area contributed by atoms with Gasteiger partial charge in [0.1, 0.15) is 5.71 Å². The molecule has 1 N–H and O–H groups in total. The van der Waals surface area contributed by atoms with Gasteiger partial charge in [-0.15, -0.1) is 11.3 Å². The van der Waals surface area contributed by atoms with E-state index in [1.807, 2.05) is 13.0 Å². The Bertz CT molecular complexity index is 805. The second-order valence-electron chi connectivity index (χ2n) is 6.62. The summed E-state index contributed by atoms with van der Waals surface area (Å²) in [5, 5.41) is 9.07. The van der Waals surface area contributed by atoms with Crippen molar-refractivity contribution in [2.45, 2.75) is 31.9 Å². The molecule has 1 atom stereocenters. The molecule has 130 valence electrons. The molecular weight excluding hydrogens is 336 g/mol. The zero-order chi connectivity index (χ0) is 17.3. The molecule has 0 radical (unpaired) electrons. The minimum atomic E-state index is -0.353. The maximum Gasteiger partial charge on any atom is 0.273 e. The lowest BCUT2D eigenvalue weighted by molar-refractivity contribution is -0.110. The van der Waals surface area contributed by atoms with E-state index in [4.69, 9.17) is 4.84 Å². The number of amides is 1. The van der Waals surface area contributed by atoms with E-state index in [1.165, 1.54) is 4.88 Å². The monoisotopic (exact) mass is 356 g/mol. The van der Waals surface area contributed by atoms with Crippen molar-refractivity contribution >= 4 is 28.6 Å². The van der Waals surface area contributed by atoms with Crippen molar-refractivity contribution in [2.24, 2.45) is 5.16 Å². The maximum atomic E-state index is 12.5. The fourth-order valence-corrected chi connectivity index (χ4v) is 4.10. The number of carbonyl (C=O) groups excluding carboxylic acids is 1. The van der Waals surface area contributed by atoms with Crippen LogP contribution in [0.15, 0.2) is 41.0 Å². The molecule has 4 rings (SSSR count). The van der Waals surface area contributed by atoms with Crippen LogP contribution in [-0.2, 0) is 16.2 Å². The number of aromatic nitrogens is 1. The van der Waals surface area contributed by atoms with Crippen LogP contribution in [0.3, 0.4) is 0 Å². The fourth-order valence-electron chi connectivity index (χ4n) is 3.36. The van der Waals surface area contributed by atoms with Gasteiger partial charge in [0.05, 0.1) is 11.4 Å². The Kier molecular flexibility index (Phi) is 4.27. The number of oxime groups is 1. The highest BCUT2D eigenvalue weighted by atomic mass is 32.1. The molecule has 1 fully saturated rings. The van der Waals surface area contributed by atoms with Crippen molar-refractivity contribution in [3.63, 3.8) is 0 Å². The third kappa shape index (κ3) is 3.43. The van der Waals surface area contributed by atoms with E-state index in [-0.39, 0.29) is 11.5 Å². The Morgan fingerprint density at radius 2 is 2.36 bits per heavy atom. The molecule has 1 spiro atoms. The Morgan fingerprint density at radius 3 is 3.16 bits per heavy atom. The van der Waals surface area contributed by atoms with Gasteiger partial charge in [0.15, 0.2) is 5.60 Å². The first-order valence-electron chi connectivity index (χ1n) is 8.36. The number of aryl methyl sites for hydroxylation is 1. The van der Waals surface area contributed by atoms with Gasteiger partial charge in [0, 0.05) is 43.5 Å². The van der Waals surface area contributed by atoms with Crippen molar-refractivity contribution in [2.75, 3.05) is 18.4 Å². The maximum absolute atomic E-state index is 12.5. The molecule has 1 amide bonds. The van der Waals surface area contributed by atoms with E-state index < -0.39 is 0 Å². The van der Waals surface area contributed by atoms with Gasteiger partial charge in [-0.05, 0) is 30.5 Å². The molecule has 0 bridgehead atoms. The number of thiophene rings is 1. The van der Waals surface area contributed by atoms with Crippen LogP contribution in [0.25, 0.3) is 0 Å². The topological polar surface area (TPSA) is 66.8 Å². The zero-order valence-corrected chi connectivity index (χ0v) is 14.9. The summed E-state index contributed by atoms with van der Waals surface area (Å²) in [6.07, 6.45) is 3.15. The smallest absolute Gasteiger partial charge is 0.273 e. The van der Waals surface area contributed by atoms with Crippen LogP contribution in [0.4, 0.5) is 5.69 Å². The predicted molar refractivity (Wildman–Crippen MR) is 97.7 cm³/mol. The lowest BCUT2D eigenvalue weighted by Gasteiger charge is -2.21. The Morgan fingerprint density at radius 1 is 1.44 bits per heavy atom. The highest BCUT2D eigenvalue weighted by Gasteiger charge is 2.46. The molecule has 2 aromatic heterocycles. The first-order valence-corrected chi connectivity index (χ1v) is 9.24. The van der Waals surface area contributed by atoms with E-state index >= 15 is 0 Å². The van der Waals surface area contributed by atoms with Crippen molar-refractivity contribution in [1.29, 1.82) is 0 Å². The Hall–Kier alpha value is -2.25. The molecule has 0 unspecified atom stereocenters. The van der Waals surface area contributed by atoms with Crippen LogP contribution in [0.5, 0.6) is 0 Å². The third-order valence-corrected chi connectivity index (χ3v) is 5.57. The van der Waals surface area contributed by atoms with Gasteiger partial charge in [0.25, 0.3) is 5.91 Å². The molecule has 7 heteroatoms. The SMILES string of the molecule is Cc1ncccc1NC(=O)C1=NO[C@]2(CCN(Cc3cccs3)C2)C1. The molecule has 6 nitrogen and oxygen atoms in total. The molecule has 0 aliphatic carbocycles. The standard InChI is InChI=1S/C18H20N4O2S/c1-13-15(5-2-7-19-13)20-17(23)16-10-18(24-21-16)6-8-22(12-18)11-14-4-3-9-25-14/h2-5,7,9H,6,8,10-12H2,1H3,(H,20,23)/t18-/m1/s1. The summed E-state index contributed by atoms with van der Waals surface area (Å²) in [6, 6.07) is 7.86. The van der Waals surface area contributed by atoms with Crippen LogP contribution < -0.4 is 5.32 Å². The molecule has 0 saturated carbocycles. The lowest BCUT2D eigenvalue weighted by atomic mass is 9.96. The summed E-state index contributed by atoms with van der Waals surface area (Å²) in [7, 11) is 0. The number of pyridine rings is 1. The summed E-state index contributed by atoms with van der Waals surface area (Å²) in [5.41, 5.74) is 1.60. The van der Waals surface area contributed by atoms with Crippen molar-refractivity contribution in [1.82, 2.24) is 9.88 Å². The quantitative estimate of drug-likeness (QED) is 0.915. The average molecular weight is 356 g/mol. The first kappa shape index (κ1) is 16.2. The Labute approximate surface area is 150 Å². The fraction of sp³-hybridized carbons (Fsp3) is 0.389. The summed E-state index contributed by atoms with van der Waals surface area (Å²) in [4.78, 5) is 26.1. The van der Waals surface area contributed by atoms with Gasteiger partial charge in [-0.1, -0.05) is 11.2 Å². The second-order valence-corrected chi connectivity index (χ2v) is 7.65. The number of hydrogen-bond acceptors (Lipinski definition) is 6. The molecule has 4 heterocycles. The van der Waals surface area contributed by atoms with E-state index in [1.54, 1.807) is 23.6 Å². The van der Waals surface area contributed by atoms with Gasteiger partial charge in [-0.3, -0.25) is 14.7 Å². The zero-order valence-electron chi connectivity index (χ0n) is 14.1. The van der Waals surface area contributed by atoms with Crippen LogP contribution in [0, 0.1) is 6.92 Å². The van der Waals surface area contributed by atoms with Crippen molar-refractivity contribution in [3.05, 3.63) is 46.4 Å². The number of anilines is 1. The molecule has 2 aliphatic rings. The highest BCUT2D eigenvalue weighted by molar-refractivity contribution is 7.09. The molecule has 25 heavy (non-hydrogen) atoms. The van der Waals surface area contributed by atoms with Crippen LogP contribution in [-0.4, -0.2) is 40.2 Å². The van der Waals surface area contributed by atoms with Gasteiger partial charge >= 0.3 is 0 Å². The molecule has 2 aliphatic heterocycles. The summed E-state index contributed by atoms with van der Waals surface area (Å²) in [6.45, 7) is 4.56. The van der Waals surface area contributed by atoms with Crippen LogP contribution in [0.2, 0.25) is 0 Å². The second kappa shape index (κ2) is 6.57. The number of nitrogens with one attached hydrogen (secondary N) is 1. The first-order chi connectivity index (χ1) is 12.1. The number of likely N-dealkylation sites (tertiary alicyclic amines) is 1. The molecule has 2 aromatic rings. The third-order valence-electron chi connectivity index (χ3n) is 4.71. The normalized spacial score (nSPS) is 22.8. The van der Waals surface area contributed by atoms with Crippen LogP contribution in [0.1, 0.15) is 23.4 Å². The number of hydrogen-bond donors (Lipinski definition) is 1. The number of carbonyl (C=O) groups is 1. The summed E-state index contributed by atoms with van der Waals surface area (Å²) in [5.74, 6) is -0.204. The minimum absolute atomic E-state index is 0.204. The predicted octanol–water partition coefficient (Wildman–Crippen LogP) is 2.81. The van der Waals surface area contributed by atoms with Crippen LogP contribution >= 0.6 is 11.3 Å². The summed E-state index contributed by atoms with van der Waals surface area (Å²) < 4.78 is 0. The largest absolute Gasteiger partial charge is 0.387 e. The summed E-state index contributed by atoms with van der Waals surface area (Å²) >= 11 is 1.77. The van der Waals surface area contributed by atoms with Gasteiger partial charge in [0.2, 0.25) is 0 Å². The van der Waals surface area contributed by atoms with E-state index in [0.29, 0.717) is 17.8 Å². The Balaban J connectivity index is 1.36. The van der Waals surface area contributed by atoms with Gasteiger partial charge in [-0.2, -0.15) is 0 Å². The molecule has 1 saturated heterocycles. The van der Waals surface area contributed by atoms with E-state index in [9.17, 15) is 4.79 Å². The van der Waals surface area contributed by atoms with Gasteiger partial charge < -0.3 is 10.2 Å². The highest BCUT2D eigenvalue weighted by Crippen LogP contribution is 2.35. The number of nitrogens with zero attached hydrogens (tertiary/aromatic N) is 3. The van der Waals surface area contributed by atoms with E-state index in [2.05, 4.69) is 37.9 Å². The van der Waals surface area contributed by atoms with Crippen molar-refractivity contribution < 1.29 is 9.63 Å². The van der Waals surface area contributed by atoms with Gasteiger partial charge in [-0.25, -0.2) is 0 Å². The molecule has 0 aromatic carbocycles. The van der Waals surface area contributed by atoms with Crippen molar-refractivity contribution in [3.8, 4) is 0 Å². The number of rotatable bonds is 4. The lowest BCUT2D eigenvalue weighted by Crippen LogP contribution is -2.35. The minimum Gasteiger partial charge on any atom is -0.387 e.